The Labute approximate surface area is 186 Å². The Kier molecular flexibility index (Phi) is 5.78. The summed E-state index contributed by atoms with van der Waals surface area (Å²) in [5.41, 5.74) is 1.15. The molecule has 0 aliphatic carbocycles. The molecule has 0 aliphatic heterocycles. The number of imidazole rings is 1. The zero-order valence-corrected chi connectivity index (χ0v) is 17.7. The van der Waals surface area contributed by atoms with Gasteiger partial charge in [0.2, 0.25) is 5.78 Å². The van der Waals surface area contributed by atoms with Crippen LogP contribution < -0.4 is 10.6 Å². The van der Waals surface area contributed by atoms with Crippen molar-refractivity contribution < 1.29 is 23.1 Å². The number of furan rings is 1. The van der Waals surface area contributed by atoms with Gasteiger partial charge in [-0.15, -0.1) is 0 Å². The number of anilines is 2. The monoisotopic (exact) mass is 457 g/mol. The molecular formula is C21H17ClFN5O4. The number of ether oxygens (including phenoxy) is 1. The van der Waals surface area contributed by atoms with Crippen LogP contribution in [0, 0.1) is 5.82 Å². The van der Waals surface area contributed by atoms with Crippen LogP contribution in [0.15, 0.2) is 53.3 Å². The highest BCUT2D eigenvalue weighted by atomic mass is 35.5. The van der Waals surface area contributed by atoms with Crippen LogP contribution in [0.4, 0.5) is 20.6 Å². The molecule has 4 aromatic rings. The Balaban J connectivity index is 1.58. The topological polar surface area (TPSA) is 111 Å². The molecule has 11 heteroatoms. The molecule has 0 spiro atoms. The first-order valence-corrected chi connectivity index (χ1v) is 9.85. The second-order valence-corrected chi connectivity index (χ2v) is 7.38. The summed E-state index contributed by atoms with van der Waals surface area (Å²) in [7, 11) is 0. The second kappa shape index (κ2) is 8.67. The first kappa shape index (κ1) is 21.3. The second-order valence-electron chi connectivity index (χ2n) is 7.01. The molecule has 0 bridgehead atoms. The van der Waals surface area contributed by atoms with Crippen LogP contribution >= 0.6 is 11.6 Å². The number of carbonyl (C=O) groups excluding carboxylic acids is 2. The van der Waals surface area contributed by atoms with E-state index in [0.29, 0.717) is 17.2 Å². The lowest BCUT2D eigenvalue weighted by molar-refractivity contribution is 0.0996. The van der Waals surface area contributed by atoms with Gasteiger partial charge < -0.3 is 14.5 Å². The number of carbonyl (C=O) groups is 2. The highest BCUT2D eigenvalue weighted by Gasteiger charge is 2.15. The molecule has 0 unspecified atom stereocenters. The summed E-state index contributed by atoms with van der Waals surface area (Å²) < 4.78 is 26.2. The molecule has 3 heterocycles. The summed E-state index contributed by atoms with van der Waals surface area (Å²) in [6.07, 6.45) is 3.65. The lowest BCUT2D eigenvalue weighted by Gasteiger charge is -2.09. The molecule has 9 nitrogen and oxygen atoms in total. The fourth-order valence-electron chi connectivity index (χ4n) is 2.87. The van der Waals surface area contributed by atoms with Crippen molar-refractivity contribution in [2.24, 2.45) is 0 Å². The number of amides is 2. The summed E-state index contributed by atoms with van der Waals surface area (Å²) in [5, 5.41) is 5.26. The molecule has 32 heavy (non-hydrogen) atoms. The number of aromatic nitrogens is 3. The lowest BCUT2D eigenvalue weighted by Crippen LogP contribution is -2.18. The number of nitrogens with one attached hydrogen (secondary N) is 2. The van der Waals surface area contributed by atoms with Crippen molar-refractivity contribution in [2.45, 2.75) is 20.0 Å². The van der Waals surface area contributed by atoms with E-state index in [1.807, 2.05) is 0 Å². The average molecular weight is 458 g/mol. The van der Waals surface area contributed by atoms with E-state index in [2.05, 4.69) is 20.6 Å². The van der Waals surface area contributed by atoms with Crippen molar-refractivity contribution in [3.8, 4) is 11.3 Å². The minimum absolute atomic E-state index is 0.0221. The number of rotatable bonds is 5. The molecule has 4 rings (SSSR count). The summed E-state index contributed by atoms with van der Waals surface area (Å²) in [6, 6.07) is 6.95. The number of benzene rings is 1. The van der Waals surface area contributed by atoms with Crippen LogP contribution in [-0.4, -0.2) is 32.5 Å². The SMILES string of the molecule is CC(C)OC(=O)Nc1cnc2nc(-c3cc(NC(=O)c4ccc(Cl)o4)ccc3F)cn2c1. The minimum atomic E-state index is -0.617. The molecule has 2 N–H and O–H groups in total. The van der Waals surface area contributed by atoms with Crippen LogP contribution in [0.1, 0.15) is 24.4 Å². The molecule has 0 radical (unpaired) electrons. The van der Waals surface area contributed by atoms with E-state index in [1.165, 1.54) is 40.9 Å². The zero-order chi connectivity index (χ0) is 22.8. The van der Waals surface area contributed by atoms with Crippen LogP contribution in [0.25, 0.3) is 17.0 Å². The highest BCUT2D eigenvalue weighted by Crippen LogP contribution is 2.26. The summed E-state index contributed by atoms with van der Waals surface area (Å²) in [4.78, 5) is 32.5. The van der Waals surface area contributed by atoms with Gasteiger partial charge in [-0.25, -0.2) is 19.2 Å². The van der Waals surface area contributed by atoms with Gasteiger partial charge in [0.15, 0.2) is 11.0 Å². The molecule has 1 aromatic carbocycles. The van der Waals surface area contributed by atoms with Crippen LogP contribution in [0.3, 0.4) is 0 Å². The van der Waals surface area contributed by atoms with Crippen molar-refractivity contribution in [2.75, 3.05) is 10.6 Å². The predicted molar refractivity (Wildman–Crippen MR) is 115 cm³/mol. The third kappa shape index (κ3) is 4.70. The van der Waals surface area contributed by atoms with Gasteiger partial charge in [0, 0.05) is 23.6 Å². The molecule has 0 saturated carbocycles. The lowest BCUT2D eigenvalue weighted by atomic mass is 10.1. The Bertz CT molecular complexity index is 1320. The van der Waals surface area contributed by atoms with E-state index in [-0.39, 0.29) is 28.3 Å². The van der Waals surface area contributed by atoms with Crippen molar-refractivity contribution in [1.82, 2.24) is 14.4 Å². The van der Waals surface area contributed by atoms with E-state index >= 15 is 0 Å². The number of fused-ring (bicyclic) bond motifs is 1. The minimum Gasteiger partial charge on any atom is -0.447 e. The molecule has 0 fully saturated rings. The van der Waals surface area contributed by atoms with Gasteiger partial charge in [-0.2, -0.15) is 0 Å². The third-order valence-corrected chi connectivity index (χ3v) is 4.40. The van der Waals surface area contributed by atoms with E-state index in [9.17, 15) is 14.0 Å². The Hall–Kier alpha value is -3.92. The molecular weight excluding hydrogens is 441 g/mol. The fraction of sp³-hybridized carbons (Fsp3) is 0.143. The van der Waals surface area contributed by atoms with Gasteiger partial charge in [0.1, 0.15) is 5.82 Å². The van der Waals surface area contributed by atoms with Gasteiger partial charge in [0.05, 0.1) is 23.7 Å². The summed E-state index contributed by atoms with van der Waals surface area (Å²) in [6.45, 7) is 3.47. The van der Waals surface area contributed by atoms with Crippen LogP contribution in [0.2, 0.25) is 5.22 Å². The smallest absolute Gasteiger partial charge is 0.411 e. The third-order valence-electron chi connectivity index (χ3n) is 4.20. The maximum Gasteiger partial charge on any atom is 0.411 e. The Morgan fingerprint density at radius 1 is 1.16 bits per heavy atom. The van der Waals surface area contributed by atoms with Crippen LogP contribution in [0.5, 0.6) is 0 Å². The first-order valence-electron chi connectivity index (χ1n) is 9.47. The van der Waals surface area contributed by atoms with Gasteiger partial charge in [-0.1, -0.05) is 0 Å². The fourth-order valence-corrected chi connectivity index (χ4v) is 3.01. The maximum absolute atomic E-state index is 14.5. The van der Waals surface area contributed by atoms with E-state index in [0.717, 1.165) is 0 Å². The highest BCUT2D eigenvalue weighted by molar-refractivity contribution is 6.29. The maximum atomic E-state index is 14.5. The van der Waals surface area contributed by atoms with Crippen molar-refractivity contribution in [1.29, 1.82) is 0 Å². The van der Waals surface area contributed by atoms with E-state index in [4.69, 9.17) is 20.8 Å². The molecule has 2 amide bonds. The first-order chi connectivity index (χ1) is 15.3. The predicted octanol–water partition coefficient (Wildman–Crippen LogP) is 4.99. The summed E-state index contributed by atoms with van der Waals surface area (Å²) >= 11 is 5.69. The van der Waals surface area contributed by atoms with Gasteiger partial charge >= 0.3 is 6.09 Å². The van der Waals surface area contributed by atoms with Crippen molar-refractivity contribution in [3.05, 3.63) is 65.7 Å². The van der Waals surface area contributed by atoms with Gasteiger partial charge in [-0.05, 0) is 55.8 Å². The van der Waals surface area contributed by atoms with Crippen LogP contribution in [-0.2, 0) is 4.74 Å². The standard InChI is InChI=1S/C21H17ClFN5O4/c1-11(2)31-21(30)26-13-8-24-20-27-16(10-28(20)9-13)14-7-12(3-4-15(14)23)25-19(29)17-5-6-18(22)32-17/h3-11H,1-2H3,(H,25,29)(H,26,30). The molecule has 0 atom stereocenters. The summed E-state index contributed by atoms with van der Waals surface area (Å²) in [5.74, 6) is -0.753. The number of hydrogen-bond acceptors (Lipinski definition) is 6. The average Bonchev–Trinajstić information content (AvgIpc) is 3.34. The zero-order valence-electron chi connectivity index (χ0n) is 16.9. The quantitative estimate of drug-likeness (QED) is 0.436. The number of halogens is 2. The molecule has 0 saturated heterocycles. The molecule has 164 valence electrons. The largest absolute Gasteiger partial charge is 0.447 e. The Morgan fingerprint density at radius 3 is 2.69 bits per heavy atom. The Morgan fingerprint density at radius 2 is 1.97 bits per heavy atom. The number of nitrogens with zero attached hydrogens (tertiary/aromatic N) is 3. The normalized spacial score (nSPS) is 11.0. The molecule has 3 aromatic heterocycles. The molecule has 0 aliphatic rings. The number of hydrogen-bond donors (Lipinski definition) is 2. The van der Waals surface area contributed by atoms with Gasteiger partial charge in [0.25, 0.3) is 5.91 Å². The van der Waals surface area contributed by atoms with E-state index in [1.54, 1.807) is 26.2 Å². The van der Waals surface area contributed by atoms with Crippen molar-refractivity contribution in [3.63, 3.8) is 0 Å². The van der Waals surface area contributed by atoms with Crippen molar-refractivity contribution >= 4 is 40.8 Å². The van der Waals surface area contributed by atoms with Gasteiger partial charge in [-0.3, -0.25) is 14.5 Å². The van der Waals surface area contributed by atoms with E-state index < -0.39 is 17.8 Å².